The van der Waals surface area contributed by atoms with Crippen molar-refractivity contribution in [3.8, 4) is 0 Å². The quantitative estimate of drug-likeness (QED) is 0.666. The van der Waals surface area contributed by atoms with Gasteiger partial charge in [0.05, 0.1) is 0 Å². The van der Waals surface area contributed by atoms with Crippen LogP contribution >= 0.6 is 11.8 Å². The van der Waals surface area contributed by atoms with Gasteiger partial charge in [0.2, 0.25) is 0 Å². The molecule has 11 heavy (non-hydrogen) atoms. The van der Waals surface area contributed by atoms with E-state index in [9.17, 15) is 0 Å². The Morgan fingerprint density at radius 3 is 1.82 bits per heavy atom. The van der Waals surface area contributed by atoms with E-state index in [4.69, 9.17) is 0 Å². The summed E-state index contributed by atoms with van der Waals surface area (Å²) in [6.07, 6.45) is 3.42. The normalized spacial score (nSPS) is 7.09. The van der Waals surface area contributed by atoms with E-state index in [1.165, 1.54) is 12.2 Å². The Balaban J connectivity index is -0.000000138. The van der Waals surface area contributed by atoms with Gasteiger partial charge in [-0.1, -0.05) is 27.7 Å². The summed E-state index contributed by atoms with van der Waals surface area (Å²) in [6, 6.07) is 0. The Bertz CT molecular complexity index is 28.7. The third-order valence-electron chi connectivity index (χ3n) is 0.775. The highest BCUT2D eigenvalue weighted by Gasteiger charge is 1.79. The van der Waals surface area contributed by atoms with Crippen LogP contribution in [0.25, 0.3) is 0 Å². The maximum Gasteiger partial charge on any atom is -0.00441 e. The maximum atomic E-state index is 3.09. The summed E-state index contributed by atoms with van der Waals surface area (Å²) in [4.78, 5) is 0. The van der Waals surface area contributed by atoms with Crippen molar-refractivity contribution < 1.29 is 0 Å². The van der Waals surface area contributed by atoms with E-state index in [2.05, 4.69) is 11.6 Å². The lowest BCUT2D eigenvalue weighted by Gasteiger charge is -1.93. The molecule has 0 aliphatic heterocycles. The van der Waals surface area contributed by atoms with Crippen LogP contribution in [0.15, 0.2) is 0 Å². The Morgan fingerprint density at radius 2 is 1.55 bits per heavy atom. The Kier molecular flexibility index (Phi) is 50.2. The number of nitrogens with one attached hydrogen (secondary N) is 1. The molecule has 0 aromatic carbocycles. The predicted octanol–water partition coefficient (Wildman–Crippen LogP) is 3.01. The molecule has 72 valence electrons. The molecule has 1 nitrogen and oxygen atoms in total. The fourth-order valence-electron chi connectivity index (χ4n) is 0.393. The molecule has 0 aliphatic carbocycles. The summed E-state index contributed by atoms with van der Waals surface area (Å²) in [6.45, 7) is 9.15. The van der Waals surface area contributed by atoms with Crippen LogP contribution in [0.3, 0.4) is 0 Å². The van der Waals surface area contributed by atoms with Crippen molar-refractivity contribution in [2.75, 3.05) is 25.6 Å². The molecule has 0 radical (unpaired) electrons. The summed E-state index contributed by atoms with van der Waals surface area (Å²) in [5.41, 5.74) is 0. The number of rotatable bonds is 4. The van der Waals surface area contributed by atoms with E-state index in [1.54, 1.807) is 0 Å². The lowest BCUT2D eigenvalue weighted by atomic mass is 10.5. The smallest absolute Gasteiger partial charge is 0.00441 e. The van der Waals surface area contributed by atoms with Gasteiger partial charge in [-0.05, 0) is 32.0 Å². The van der Waals surface area contributed by atoms with Crippen molar-refractivity contribution in [1.82, 2.24) is 5.32 Å². The van der Waals surface area contributed by atoms with Gasteiger partial charge in [-0.3, -0.25) is 0 Å². The van der Waals surface area contributed by atoms with Crippen LogP contribution in [0.5, 0.6) is 0 Å². The van der Waals surface area contributed by atoms with Crippen LogP contribution in [0.4, 0.5) is 0 Å². The molecule has 2 heteroatoms. The minimum absolute atomic E-state index is 1.15. The van der Waals surface area contributed by atoms with Gasteiger partial charge in [0.25, 0.3) is 0 Å². The zero-order chi connectivity index (χ0) is 9.54. The summed E-state index contributed by atoms with van der Waals surface area (Å²) in [5.74, 6) is 1.28. The molecule has 1 N–H and O–H groups in total. The minimum atomic E-state index is 1.15. The van der Waals surface area contributed by atoms with Gasteiger partial charge in [0.15, 0.2) is 0 Å². The molecule has 0 aliphatic rings. The molecule has 0 saturated heterocycles. The highest BCUT2D eigenvalue weighted by molar-refractivity contribution is 7.98. The van der Waals surface area contributed by atoms with E-state index in [0.29, 0.717) is 0 Å². The first kappa shape index (κ1) is 17.4. The Hall–Kier alpha value is 0.310. The van der Waals surface area contributed by atoms with Crippen molar-refractivity contribution in [2.24, 2.45) is 0 Å². The SMILES string of the molecule is CC.CC.CNCCCSC. The highest BCUT2D eigenvalue weighted by atomic mass is 32.2. The fourth-order valence-corrected chi connectivity index (χ4v) is 0.826. The third-order valence-corrected chi connectivity index (χ3v) is 1.47. The molecule has 0 amide bonds. The average molecular weight is 179 g/mol. The maximum absolute atomic E-state index is 3.09. The van der Waals surface area contributed by atoms with Gasteiger partial charge in [-0.25, -0.2) is 0 Å². The first-order valence-corrected chi connectivity index (χ1v) is 5.94. The second kappa shape index (κ2) is 31.7. The zero-order valence-corrected chi connectivity index (χ0v) is 9.85. The van der Waals surface area contributed by atoms with E-state index >= 15 is 0 Å². The standard InChI is InChI=1S/C5H13NS.2C2H6/c1-6-4-3-5-7-2;2*1-2/h6H,3-5H2,1-2H3;2*1-2H3. The predicted molar refractivity (Wildman–Crippen MR) is 59.6 cm³/mol. The van der Waals surface area contributed by atoms with E-state index in [0.717, 1.165) is 6.54 Å². The van der Waals surface area contributed by atoms with Crippen LogP contribution < -0.4 is 5.32 Å². The van der Waals surface area contributed by atoms with Crippen LogP contribution in [-0.2, 0) is 0 Å². The molecular formula is C9H25NS. The minimum Gasteiger partial charge on any atom is -0.320 e. The molecule has 0 saturated carbocycles. The summed E-state index contributed by atoms with van der Waals surface area (Å²) >= 11 is 1.90. The van der Waals surface area contributed by atoms with Crippen molar-refractivity contribution in [2.45, 2.75) is 34.1 Å². The van der Waals surface area contributed by atoms with Crippen molar-refractivity contribution >= 4 is 11.8 Å². The van der Waals surface area contributed by atoms with E-state index in [-0.39, 0.29) is 0 Å². The van der Waals surface area contributed by atoms with Crippen LogP contribution in [0, 0.1) is 0 Å². The van der Waals surface area contributed by atoms with Gasteiger partial charge in [-0.2, -0.15) is 11.8 Å². The molecular weight excluding hydrogens is 154 g/mol. The van der Waals surface area contributed by atoms with Crippen LogP contribution in [0.2, 0.25) is 0 Å². The second-order valence-corrected chi connectivity index (χ2v) is 2.44. The number of thioether (sulfide) groups is 1. The lowest BCUT2D eigenvalue weighted by molar-refractivity contribution is 0.778. The molecule has 0 atom stereocenters. The van der Waals surface area contributed by atoms with Gasteiger partial charge < -0.3 is 5.32 Å². The number of hydrogen-bond acceptors (Lipinski definition) is 2. The largest absolute Gasteiger partial charge is 0.320 e. The molecule has 0 spiro atoms. The van der Waals surface area contributed by atoms with Gasteiger partial charge >= 0.3 is 0 Å². The molecule has 0 bridgehead atoms. The zero-order valence-electron chi connectivity index (χ0n) is 9.03. The Labute approximate surface area is 77.3 Å². The molecule has 0 aromatic heterocycles. The molecule has 0 heterocycles. The molecule has 0 unspecified atom stereocenters. The van der Waals surface area contributed by atoms with Gasteiger partial charge in [0, 0.05) is 0 Å². The van der Waals surface area contributed by atoms with Crippen molar-refractivity contribution in [1.29, 1.82) is 0 Å². The van der Waals surface area contributed by atoms with Gasteiger partial charge in [0.1, 0.15) is 0 Å². The highest BCUT2D eigenvalue weighted by Crippen LogP contribution is 1.92. The fraction of sp³-hybridized carbons (Fsp3) is 1.00. The van der Waals surface area contributed by atoms with E-state index < -0.39 is 0 Å². The molecule has 0 aromatic rings. The van der Waals surface area contributed by atoms with Crippen LogP contribution in [0.1, 0.15) is 34.1 Å². The average Bonchev–Trinajstić information content (AvgIpc) is 2.13. The first-order valence-electron chi connectivity index (χ1n) is 4.55. The summed E-state index contributed by atoms with van der Waals surface area (Å²) in [7, 11) is 1.99. The topological polar surface area (TPSA) is 12.0 Å². The lowest BCUT2D eigenvalue weighted by Crippen LogP contribution is -2.07. The monoisotopic (exact) mass is 179 g/mol. The van der Waals surface area contributed by atoms with Crippen molar-refractivity contribution in [3.63, 3.8) is 0 Å². The summed E-state index contributed by atoms with van der Waals surface area (Å²) in [5, 5.41) is 3.09. The Morgan fingerprint density at radius 1 is 1.09 bits per heavy atom. The van der Waals surface area contributed by atoms with Crippen molar-refractivity contribution in [3.05, 3.63) is 0 Å². The third kappa shape index (κ3) is 38.3. The first-order chi connectivity index (χ1) is 5.41. The second-order valence-electron chi connectivity index (χ2n) is 1.45. The van der Waals surface area contributed by atoms with Crippen LogP contribution in [-0.4, -0.2) is 25.6 Å². The molecule has 0 rings (SSSR count). The van der Waals surface area contributed by atoms with Gasteiger partial charge in [-0.15, -0.1) is 0 Å². The van der Waals surface area contributed by atoms with E-state index in [1.807, 2.05) is 46.5 Å². The summed E-state index contributed by atoms with van der Waals surface area (Å²) < 4.78 is 0. The molecule has 0 fully saturated rings. The number of hydrogen-bond donors (Lipinski definition) is 1.